The SMILES string of the molecule is C[C@H](NC(=O)COC(=O)[C@@H]1CCCCN1C1=NS(=O)(=O)c2ccccc21)C1CC1. The summed E-state index contributed by atoms with van der Waals surface area (Å²) < 4.78 is 34.0. The van der Waals surface area contributed by atoms with E-state index >= 15 is 0 Å². The molecule has 2 fully saturated rings. The second kappa shape index (κ2) is 7.78. The second-order valence-corrected chi connectivity index (χ2v) is 9.46. The fraction of sp³-hybridized carbons (Fsp3) is 0.550. The summed E-state index contributed by atoms with van der Waals surface area (Å²) in [6.07, 6.45) is 4.41. The quantitative estimate of drug-likeness (QED) is 0.724. The first-order valence-electron chi connectivity index (χ1n) is 10.0. The number of carbonyl (C=O) groups excluding carboxylic acids is 2. The minimum absolute atomic E-state index is 0.0851. The monoisotopic (exact) mass is 419 g/mol. The number of nitrogens with zero attached hydrogens (tertiary/aromatic N) is 2. The van der Waals surface area contributed by atoms with Crippen LogP contribution < -0.4 is 5.32 Å². The molecule has 0 bridgehead atoms. The van der Waals surface area contributed by atoms with Crippen molar-refractivity contribution in [1.29, 1.82) is 0 Å². The van der Waals surface area contributed by atoms with Gasteiger partial charge in [0.15, 0.2) is 12.4 Å². The molecule has 1 N–H and O–H groups in total. The Hall–Kier alpha value is -2.42. The van der Waals surface area contributed by atoms with Gasteiger partial charge in [-0.1, -0.05) is 12.1 Å². The molecule has 4 rings (SSSR count). The number of carbonyl (C=O) groups is 2. The summed E-state index contributed by atoms with van der Waals surface area (Å²) >= 11 is 0. The number of piperidine rings is 1. The van der Waals surface area contributed by atoms with Crippen molar-refractivity contribution in [2.75, 3.05) is 13.2 Å². The predicted octanol–water partition coefficient (Wildman–Crippen LogP) is 1.45. The summed E-state index contributed by atoms with van der Waals surface area (Å²) in [5.74, 6) is -0.0328. The number of amides is 1. The lowest BCUT2D eigenvalue weighted by Crippen LogP contribution is -2.49. The fourth-order valence-corrected chi connectivity index (χ4v) is 5.19. The van der Waals surface area contributed by atoms with Gasteiger partial charge >= 0.3 is 5.97 Å². The zero-order valence-corrected chi connectivity index (χ0v) is 17.2. The molecule has 0 radical (unpaired) electrons. The van der Waals surface area contributed by atoms with Crippen LogP contribution >= 0.6 is 0 Å². The van der Waals surface area contributed by atoms with Gasteiger partial charge in [0.25, 0.3) is 15.9 Å². The maximum absolute atomic E-state index is 12.7. The van der Waals surface area contributed by atoms with Gasteiger partial charge in [-0.3, -0.25) is 4.79 Å². The minimum Gasteiger partial charge on any atom is -0.454 e. The molecule has 9 heteroatoms. The van der Waals surface area contributed by atoms with Gasteiger partial charge < -0.3 is 15.0 Å². The lowest BCUT2D eigenvalue weighted by Gasteiger charge is -2.35. The lowest BCUT2D eigenvalue weighted by molar-refractivity contribution is -0.153. The van der Waals surface area contributed by atoms with Crippen LogP contribution in [0.1, 0.15) is 44.6 Å². The summed E-state index contributed by atoms with van der Waals surface area (Å²) in [4.78, 5) is 26.6. The molecule has 1 saturated heterocycles. The first kappa shape index (κ1) is 19.9. The normalized spacial score (nSPS) is 23.7. The van der Waals surface area contributed by atoms with Crippen molar-refractivity contribution in [3.05, 3.63) is 29.8 Å². The highest BCUT2D eigenvalue weighted by Crippen LogP contribution is 2.32. The van der Waals surface area contributed by atoms with Crippen LogP contribution in [0, 0.1) is 5.92 Å². The Kier molecular flexibility index (Phi) is 5.33. The van der Waals surface area contributed by atoms with E-state index in [4.69, 9.17) is 4.74 Å². The molecule has 1 aliphatic carbocycles. The van der Waals surface area contributed by atoms with Crippen LogP contribution in [0.2, 0.25) is 0 Å². The molecule has 1 saturated carbocycles. The van der Waals surface area contributed by atoms with Crippen molar-refractivity contribution in [3.8, 4) is 0 Å². The zero-order chi connectivity index (χ0) is 20.6. The van der Waals surface area contributed by atoms with Crippen LogP contribution in [0.4, 0.5) is 0 Å². The maximum atomic E-state index is 12.7. The molecule has 0 unspecified atom stereocenters. The summed E-state index contributed by atoms with van der Waals surface area (Å²) in [6, 6.07) is 6.04. The summed E-state index contributed by atoms with van der Waals surface area (Å²) in [7, 11) is -3.76. The second-order valence-electron chi connectivity index (χ2n) is 7.89. The number of esters is 1. The Morgan fingerprint density at radius 2 is 2.00 bits per heavy atom. The van der Waals surface area contributed by atoms with Crippen molar-refractivity contribution < 1.29 is 22.7 Å². The Balaban J connectivity index is 1.45. The number of rotatable bonds is 5. The van der Waals surface area contributed by atoms with E-state index in [1.807, 2.05) is 6.92 Å². The molecule has 0 aromatic heterocycles. The molecule has 1 amide bonds. The Bertz CT molecular complexity index is 955. The molecular formula is C20H25N3O5S. The van der Waals surface area contributed by atoms with Gasteiger partial charge in [0, 0.05) is 18.2 Å². The van der Waals surface area contributed by atoms with Gasteiger partial charge in [-0.2, -0.15) is 8.42 Å². The van der Waals surface area contributed by atoms with Crippen molar-refractivity contribution in [2.45, 2.75) is 56.0 Å². The summed E-state index contributed by atoms with van der Waals surface area (Å²) in [6.45, 7) is 2.13. The van der Waals surface area contributed by atoms with Gasteiger partial charge in [-0.15, -0.1) is 4.40 Å². The molecule has 2 heterocycles. The maximum Gasteiger partial charge on any atom is 0.329 e. The number of ether oxygens (including phenoxy) is 1. The number of sulfonamides is 1. The van der Waals surface area contributed by atoms with E-state index in [0.29, 0.717) is 24.4 Å². The van der Waals surface area contributed by atoms with Gasteiger partial charge in [0.1, 0.15) is 10.9 Å². The molecule has 2 aliphatic heterocycles. The van der Waals surface area contributed by atoms with Gasteiger partial charge in [0.05, 0.1) is 0 Å². The van der Waals surface area contributed by atoms with Crippen LogP contribution in [0.3, 0.4) is 0 Å². The van der Waals surface area contributed by atoms with E-state index in [1.165, 1.54) is 6.07 Å². The van der Waals surface area contributed by atoms with Crippen molar-refractivity contribution in [3.63, 3.8) is 0 Å². The molecule has 1 aromatic carbocycles. The van der Waals surface area contributed by atoms with Crippen LogP contribution in [-0.4, -0.2) is 56.3 Å². The van der Waals surface area contributed by atoms with Gasteiger partial charge in [-0.05, 0) is 57.1 Å². The average Bonchev–Trinajstić information content (AvgIpc) is 3.52. The smallest absolute Gasteiger partial charge is 0.329 e. The Morgan fingerprint density at radius 3 is 2.76 bits per heavy atom. The summed E-state index contributed by atoms with van der Waals surface area (Å²) in [5.41, 5.74) is 0.503. The number of amidine groups is 1. The number of likely N-dealkylation sites (tertiary alicyclic amines) is 1. The van der Waals surface area contributed by atoms with Crippen LogP contribution in [0.5, 0.6) is 0 Å². The molecule has 1 aromatic rings. The Labute approximate surface area is 170 Å². The first-order valence-corrected chi connectivity index (χ1v) is 11.5. The minimum atomic E-state index is -3.76. The van der Waals surface area contributed by atoms with E-state index in [1.54, 1.807) is 23.1 Å². The average molecular weight is 420 g/mol. The summed E-state index contributed by atoms with van der Waals surface area (Å²) in [5, 5.41) is 2.86. The third-order valence-corrected chi connectivity index (χ3v) is 7.05. The largest absolute Gasteiger partial charge is 0.454 e. The van der Waals surface area contributed by atoms with Gasteiger partial charge in [-0.25, -0.2) is 4.79 Å². The van der Waals surface area contributed by atoms with E-state index in [9.17, 15) is 18.0 Å². The van der Waals surface area contributed by atoms with Crippen molar-refractivity contribution in [1.82, 2.24) is 10.2 Å². The zero-order valence-electron chi connectivity index (χ0n) is 16.3. The molecule has 2 atom stereocenters. The topological polar surface area (TPSA) is 105 Å². The first-order chi connectivity index (χ1) is 13.9. The van der Waals surface area contributed by atoms with Crippen molar-refractivity contribution >= 4 is 27.7 Å². The molecule has 156 valence electrons. The van der Waals surface area contributed by atoms with E-state index < -0.39 is 22.0 Å². The number of hydrogen-bond acceptors (Lipinski definition) is 6. The van der Waals surface area contributed by atoms with E-state index in [2.05, 4.69) is 9.71 Å². The lowest BCUT2D eigenvalue weighted by atomic mass is 10.0. The highest BCUT2D eigenvalue weighted by molar-refractivity contribution is 7.90. The Morgan fingerprint density at radius 1 is 1.24 bits per heavy atom. The highest BCUT2D eigenvalue weighted by atomic mass is 32.2. The van der Waals surface area contributed by atoms with Crippen molar-refractivity contribution in [2.24, 2.45) is 10.3 Å². The highest BCUT2D eigenvalue weighted by Gasteiger charge is 2.38. The van der Waals surface area contributed by atoms with E-state index in [-0.39, 0.29) is 29.3 Å². The molecular weight excluding hydrogens is 394 g/mol. The molecule has 3 aliphatic rings. The standard InChI is InChI=1S/C20H25N3O5S/c1-13(14-9-10-14)21-18(24)12-28-20(25)16-7-4-5-11-23(16)19-15-6-2-3-8-17(15)29(26,27)22-19/h2-3,6,8,13-14,16H,4-5,7,9-12H2,1H3,(H,21,24)/t13-,16-/m0/s1. The molecule has 0 spiro atoms. The van der Waals surface area contributed by atoms with Gasteiger partial charge in [0.2, 0.25) is 0 Å². The third kappa shape index (κ3) is 4.14. The molecule has 8 nitrogen and oxygen atoms in total. The third-order valence-electron chi connectivity index (χ3n) is 5.72. The number of benzene rings is 1. The number of nitrogens with one attached hydrogen (secondary N) is 1. The van der Waals surface area contributed by atoms with Crippen LogP contribution in [-0.2, 0) is 24.3 Å². The molecule has 29 heavy (non-hydrogen) atoms. The van der Waals surface area contributed by atoms with Crippen LogP contribution in [0.15, 0.2) is 33.6 Å². The number of fused-ring (bicyclic) bond motifs is 1. The van der Waals surface area contributed by atoms with E-state index in [0.717, 1.165) is 25.7 Å². The number of hydrogen-bond donors (Lipinski definition) is 1. The fourth-order valence-electron chi connectivity index (χ4n) is 3.97. The van der Waals surface area contributed by atoms with Crippen LogP contribution in [0.25, 0.3) is 0 Å². The predicted molar refractivity (Wildman–Crippen MR) is 106 cm³/mol.